The van der Waals surface area contributed by atoms with Gasteiger partial charge in [0.1, 0.15) is 5.69 Å². The molecule has 6 aromatic rings. The summed E-state index contributed by atoms with van der Waals surface area (Å²) in [5.74, 6) is -2.19. The number of aliphatic carboxylic acids is 1. The highest BCUT2D eigenvalue weighted by atomic mass is 19.4. The lowest BCUT2D eigenvalue weighted by Crippen LogP contribution is -2.34. The number of aromatic nitrogens is 7. The molecule has 0 bridgehead atoms. The van der Waals surface area contributed by atoms with Crippen LogP contribution in [0.25, 0.3) is 44.8 Å². The Morgan fingerprint density at radius 2 is 1.65 bits per heavy atom. The third-order valence-electron chi connectivity index (χ3n) is 7.92. The molecule has 11 nitrogen and oxygen atoms in total. The summed E-state index contributed by atoms with van der Waals surface area (Å²) in [6.45, 7) is 2.81. The zero-order valence-corrected chi connectivity index (χ0v) is 25.4. The fraction of sp³-hybridized carbons (Fsp3) is 0.206. The smallest absolute Gasteiger partial charge is 0.475 e. The van der Waals surface area contributed by atoms with E-state index in [2.05, 4.69) is 66.7 Å². The number of halogens is 3. The second-order valence-electron chi connectivity index (χ2n) is 11.1. The molecule has 1 saturated heterocycles. The van der Waals surface area contributed by atoms with Crippen LogP contribution >= 0.6 is 0 Å². The second kappa shape index (κ2) is 13.9. The lowest BCUT2D eigenvalue weighted by molar-refractivity contribution is -0.192. The maximum absolute atomic E-state index is 12.5. The van der Waals surface area contributed by atoms with Crippen LogP contribution < -0.4 is 5.56 Å². The normalized spacial score (nSPS) is 14.0. The molecule has 4 aromatic heterocycles. The number of carboxylic acid groups (broad SMARTS) is 1. The number of carbonyl (C=O) groups is 1. The molecule has 0 aliphatic carbocycles. The Hall–Kier alpha value is -5.76. The summed E-state index contributed by atoms with van der Waals surface area (Å²) in [6.07, 6.45) is 0.242. The van der Waals surface area contributed by atoms with E-state index in [1.54, 1.807) is 17.2 Å². The Kier molecular flexibility index (Phi) is 9.34. The van der Waals surface area contributed by atoms with Crippen LogP contribution in [0.1, 0.15) is 24.4 Å². The number of likely N-dealkylation sites (tertiary alicyclic amines) is 1. The highest BCUT2D eigenvalue weighted by molar-refractivity contribution is 5.91. The first-order valence-electron chi connectivity index (χ1n) is 15.1. The highest BCUT2D eigenvalue weighted by Crippen LogP contribution is 2.33. The number of rotatable bonds is 6. The molecule has 1 aliphatic rings. The van der Waals surface area contributed by atoms with Gasteiger partial charge in [-0.15, -0.1) is 10.2 Å². The largest absolute Gasteiger partial charge is 0.490 e. The van der Waals surface area contributed by atoms with Crippen LogP contribution in [0.3, 0.4) is 0 Å². The SMILES string of the molecule is O=C(O)C(F)(F)F.O=c1[nH]ccc2nc(-c3ccc(CN4CCC(n5nnc(-c6ccccn6)n5)CC4)cc3)c(-c3ccccc3)cc12. The number of hydrogen-bond donors (Lipinski definition) is 2. The summed E-state index contributed by atoms with van der Waals surface area (Å²) in [5.41, 5.74) is 6.40. The Labute approximate surface area is 271 Å². The zero-order valence-electron chi connectivity index (χ0n) is 25.4. The highest BCUT2D eigenvalue weighted by Gasteiger charge is 2.38. The number of nitrogens with one attached hydrogen (secondary N) is 1. The minimum absolute atomic E-state index is 0.133. The molecule has 0 saturated carbocycles. The number of alkyl halides is 3. The van der Waals surface area contributed by atoms with Crippen molar-refractivity contribution < 1.29 is 23.1 Å². The lowest BCUT2D eigenvalue weighted by atomic mass is 9.97. The van der Waals surface area contributed by atoms with E-state index in [1.165, 1.54) is 5.56 Å². The second-order valence-corrected chi connectivity index (χ2v) is 11.1. The van der Waals surface area contributed by atoms with Crippen molar-refractivity contribution in [3.05, 3.63) is 113 Å². The van der Waals surface area contributed by atoms with Crippen LogP contribution in [0.5, 0.6) is 0 Å². The van der Waals surface area contributed by atoms with Gasteiger partial charge in [0.05, 0.1) is 22.6 Å². The molecule has 0 spiro atoms. The van der Waals surface area contributed by atoms with Gasteiger partial charge in [0, 0.05) is 43.2 Å². The average Bonchev–Trinajstić information content (AvgIpc) is 3.60. The van der Waals surface area contributed by atoms with Crippen molar-refractivity contribution >= 4 is 16.9 Å². The first kappa shape index (κ1) is 32.2. The average molecular weight is 655 g/mol. The monoisotopic (exact) mass is 654 g/mol. The number of benzene rings is 2. The number of piperidine rings is 1. The van der Waals surface area contributed by atoms with Gasteiger partial charge in [0.25, 0.3) is 5.56 Å². The van der Waals surface area contributed by atoms with Gasteiger partial charge in [-0.25, -0.2) is 9.78 Å². The van der Waals surface area contributed by atoms with E-state index in [-0.39, 0.29) is 11.6 Å². The number of H-pyrrole nitrogens is 1. The minimum atomic E-state index is -5.08. The molecule has 2 aromatic carbocycles. The molecule has 1 fully saturated rings. The number of nitrogens with zero attached hydrogens (tertiary/aromatic N) is 7. The van der Waals surface area contributed by atoms with Crippen LogP contribution in [-0.2, 0) is 11.3 Å². The quantitative estimate of drug-likeness (QED) is 0.229. The van der Waals surface area contributed by atoms with Crippen molar-refractivity contribution in [3.8, 4) is 33.9 Å². The third kappa shape index (κ3) is 7.44. The van der Waals surface area contributed by atoms with Gasteiger partial charge in [0.15, 0.2) is 0 Å². The van der Waals surface area contributed by atoms with E-state index in [1.807, 2.05) is 48.5 Å². The van der Waals surface area contributed by atoms with Gasteiger partial charge in [-0.05, 0) is 53.4 Å². The number of carboxylic acids is 1. The molecule has 48 heavy (non-hydrogen) atoms. The molecule has 0 radical (unpaired) electrons. The standard InChI is InChI=1S/C32H28N8O.C2HF3O2/c41-32-27-20-26(23-6-2-1-3-7-23)30(35-28(27)13-17-34-32)24-11-9-22(10-12-24)21-39-18-14-25(15-19-39)40-37-31(36-38-40)29-8-4-5-16-33-29;3-2(4,5)1(6)7/h1-13,16-17,20,25H,14-15,18-19,21H2,(H,34,41);(H,6,7). The molecule has 0 unspecified atom stereocenters. The summed E-state index contributed by atoms with van der Waals surface area (Å²) in [6, 6.07) is 28.5. The van der Waals surface area contributed by atoms with Crippen LogP contribution in [-0.4, -0.2) is 70.4 Å². The first-order valence-corrected chi connectivity index (χ1v) is 15.1. The zero-order chi connectivity index (χ0) is 33.7. The minimum Gasteiger partial charge on any atom is -0.475 e. The molecule has 5 heterocycles. The van der Waals surface area contributed by atoms with Crippen molar-refractivity contribution in [2.45, 2.75) is 31.6 Å². The third-order valence-corrected chi connectivity index (χ3v) is 7.92. The summed E-state index contributed by atoms with van der Waals surface area (Å²) in [4.78, 5) is 37.6. The van der Waals surface area contributed by atoms with Crippen molar-refractivity contribution in [2.75, 3.05) is 13.1 Å². The number of fused-ring (bicyclic) bond motifs is 1. The van der Waals surface area contributed by atoms with Crippen molar-refractivity contribution in [1.29, 1.82) is 0 Å². The van der Waals surface area contributed by atoms with Gasteiger partial charge in [-0.2, -0.15) is 18.0 Å². The summed E-state index contributed by atoms with van der Waals surface area (Å²) < 4.78 is 31.7. The number of hydrogen-bond acceptors (Lipinski definition) is 8. The Bertz CT molecular complexity index is 2060. The van der Waals surface area contributed by atoms with Crippen LogP contribution in [0.15, 0.2) is 102 Å². The van der Waals surface area contributed by atoms with E-state index in [0.717, 1.165) is 60.6 Å². The van der Waals surface area contributed by atoms with E-state index >= 15 is 0 Å². The number of tetrazole rings is 1. The van der Waals surface area contributed by atoms with E-state index in [4.69, 9.17) is 14.9 Å². The van der Waals surface area contributed by atoms with Crippen molar-refractivity contribution in [3.63, 3.8) is 0 Å². The van der Waals surface area contributed by atoms with E-state index < -0.39 is 12.1 Å². The van der Waals surface area contributed by atoms with Gasteiger partial charge in [-0.1, -0.05) is 60.7 Å². The fourth-order valence-corrected chi connectivity index (χ4v) is 5.48. The van der Waals surface area contributed by atoms with E-state index in [9.17, 15) is 18.0 Å². The topological polar surface area (TPSA) is 143 Å². The van der Waals surface area contributed by atoms with Gasteiger partial charge in [0.2, 0.25) is 5.82 Å². The number of pyridine rings is 3. The Morgan fingerprint density at radius 3 is 2.31 bits per heavy atom. The predicted molar refractivity (Wildman–Crippen MR) is 172 cm³/mol. The molecule has 14 heteroatoms. The van der Waals surface area contributed by atoms with Crippen LogP contribution in [0.4, 0.5) is 13.2 Å². The fourth-order valence-electron chi connectivity index (χ4n) is 5.48. The summed E-state index contributed by atoms with van der Waals surface area (Å²) in [5, 5.41) is 20.8. The molecule has 0 atom stereocenters. The first-order chi connectivity index (χ1) is 23.2. The molecule has 7 rings (SSSR count). The van der Waals surface area contributed by atoms with Crippen molar-refractivity contribution in [1.82, 2.24) is 40.1 Å². The summed E-state index contributed by atoms with van der Waals surface area (Å²) >= 11 is 0. The molecule has 1 aliphatic heterocycles. The predicted octanol–water partition coefficient (Wildman–Crippen LogP) is 5.78. The van der Waals surface area contributed by atoms with Gasteiger partial charge >= 0.3 is 12.1 Å². The number of aromatic amines is 1. The molecule has 0 amide bonds. The Morgan fingerprint density at radius 1 is 0.938 bits per heavy atom. The maximum atomic E-state index is 12.5. The van der Waals surface area contributed by atoms with Gasteiger partial charge < -0.3 is 10.1 Å². The lowest BCUT2D eigenvalue weighted by Gasteiger charge is -2.31. The molecule has 2 N–H and O–H groups in total. The maximum Gasteiger partial charge on any atom is 0.490 e. The van der Waals surface area contributed by atoms with E-state index in [0.29, 0.717) is 16.7 Å². The summed E-state index contributed by atoms with van der Waals surface area (Å²) in [7, 11) is 0. The molecule has 244 valence electrons. The molecular weight excluding hydrogens is 625 g/mol. The molecular formula is C34H29F3N8O3. The van der Waals surface area contributed by atoms with Gasteiger partial charge in [-0.3, -0.25) is 14.7 Å². The van der Waals surface area contributed by atoms with Crippen molar-refractivity contribution in [2.24, 2.45) is 0 Å². The Balaban J connectivity index is 0.000000519. The van der Waals surface area contributed by atoms with Crippen LogP contribution in [0, 0.1) is 0 Å². The van der Waals surface area contributed by atoms with Crippen LogP contribution in [0.2, 0.25) is 0 Å².